The average molecular weight is 297 g/mol. The number of nitrogens with zero attached hydrogens (tertiary/aromatic N) is 4. The van der Waals surface area contributed by atoms with Crippen LogP contribution in [0.1, 0.15) is 5.69 Å². The molecule has 10 heteroatoms. The molecule has 9 nitrogen and oxygen atoms in total. The Hall–Kier alpha value is -2.33. The Bertz CT molecular complexity index is 697. The number of sulfonamides is 1. The minimum atomic E-state index is -3.68. The van der Waals surface area contributed by atoms with Crippen LogP contribution in [-0.2, 0) is 27.9 Å². The van der Waals surface area contributed by atoms with Gasteiger partial charge >= 0.3 is 5.97 Å². The second-order valence-corrected chi connectivity index (χ2v) is 5.58. The van der Waals surface area contributed by atoms with Gasteiger partial charge in [0.1, 0.15) is 11.4 Å². The number of carboxylic acids is 1. The van der Waals surface area contributed by atoms with E-state index in [1.807, 2.05) is 0 Å². The Kier molecular flexibility index (Phi) is 4.05. The Balaban J connectivity index is 2.02. The molecule has 0 aromatic carbocycles. The molecule has 0 radical (unpaired) electrons. The van der Waals surface area contributed by atoms with Crippen molar-refractivity contribution in [3.8, 4) is 0 Å². The van der Waals surface area contributed by atoms with E-state index in [4.69, 9.17) is 5.11 Å². The summed E-state index contributed by atoms with van der Waals surface area (Å²) in [6, 6.07) is 2.92. The van der Waals surface area contributed by atoms with Gasteiger partial charge in [0.15, 0.2) is 0 Å². The summed E-state index contributed by atoms with van der Waals surface area (Å²) in [5, 5.41) is 15.8. The van der Waals surface area contributed by atoms with Crippen molar-refractivity contribution in [3.63, 3.8) is 0 Å². The normalized spacial score (nSPS) is 11.4. The molecule has 106 valence electrons. The van der Waals surface area contributed by atoms with Crippen LogP contribution >= 0.6 is 0 Å². The van der Waals surface area contributed by atoms with Crippen molar-refractivity contribution in [2.24, 2.45) is 0 Å². The van der Waals surface area contributed by atoms with Crippen LogP contribution in [0.3, 0.4) is 0 Å². The first-order valence-corrected chi connectivity index (χ1v) is 6.96. The van der Waals surface area contributed by atoms with Gasteiger partial charge in [-0.25, -0.2) is 17.8 Å². The summed E-state index contributed by atoms with van der Waals surface area (Å²) in [6.07, 6.45) is 4.06. The topological polar surface area (TPSA) is 127 Å². The molecule has 2 heterocycles. The van der Waals surface area contributed by atoms with Gasteiger partial charge in [-0.05, 0) is 12.1 Å². The Labute approximate surface area is 114 Å². The molecule has 0 saturated heterocycles. The first-order valence-electron chi connectivity index (χ1n) is 5.48. The molecule has 0 aliphatic rings. The SMILES string of the molecule is O=C(O)Cn1cc(CNS(=O)(=O)c2cccnc2)nn1. The minimum Gasteiger partial charge on any atom is -0.480 e. The standard InChI is InChI=1S/C10H11N5O4S/c16-10(17)7-15-6-8(13-14-15)4-12-20(18,19)9-2-1-3-11-5-9/h1-3,5-6,12H,4,7H2,(H,16,17). The van der Waals surface area contributed by atoms with Crippen LogP contribution in [0.2, 0.25) is 0 Å². The second-order valence-electron chi connectivity index (χ2n) is 3.81. The highest BCUT2D eigenvalue weighted by Crippen LogP contribution is 2.06. The molecular formula is C10H11N5O4S. The van der Waals surface area contributed by atoms with Gasteiger partial charge in [-0.1, -0.05) is 5.21 Å². The van der Waals surface area contributed by atoms with E-state index in [9.17, 15) is 13.2 Å². The fourth-order valence-corrected chi connectivity index (χ4v) is 2.36. The molecule has 0 fully saturated rings. The van der Waals surface area contributed by atoms with Crippen molar-refractivity contribution in [2.45, 2.75) is 18.0 Å². The van der Waals surface area contributed by atoms with Crippen LogP contribution in [0.5, 0.6) is 0 Å². The molecule has 0 bridgehead atoms. The predicted molar refractivity (Wildman–Crippen MR) is 65.9 cm³/mol. The summed E-state index contributed by atoms with van der Waals surface area (Å²) in [6.45, 7) is -0.417. The van der Waals surface area contributed by atoms with E-state index in [0.717, 1.165) is 4.68 Å². The maximum Gasteiger partial charge on any atom is 0.325 e. The van der Waals surface area contributed by atoms with E-state index >= 15 is 0 Å². The lowest BCUT2D eigenvalue weighted by atomic mass is 10.5. The maximum absolute atomic E-state index is 11.9. The van der Waals surface area contributed by atoms with Gasteiger partial charge < -0.3 is 5.11 Å². The van der Waals surface area contributed by atoms with Gasteiger partial charge in [-0.3, -0.25) is 9.78 Å². The molecular weight excluding hydrogens is 286 g/mol. The number of hydrogen-bond donors (Lipinski definition) is 2. The van der Waals surface area contributed by atoms with E-state index in [-0.39, 0.29) is 18.0 Å². The summed E-state index contributed by atoms with van der Waals surface area (Å²) in [7, 11) is -3.68. The monoisotopic (exact) mass is 297 g/mol. The van der Waals surface area contributed by atoms with Crippen molar-refractivity contribution >= 4 is 16.0 Å². The molecule has 2 N–H and O–H groups in total. The number of aromatic nitrogens is 4. The summed E-state index contributed by atoms with van der Waals surface area (Å²) < 4.78 is 27.2. The van der Waals surface area contributed by atoms with Gasteiger partial charge in [0.25, 0.3) is 0 Å². The fourth-order valence-electron chi connectivity index (χ4n) is 1.39. The largest absolute Gasteiger partial charge is 0.480 e. The van der Waals surface area contributed by atoms with Crippen LogP contribution in [0, 0.1) is 0 Å². The van der Waals surface area contributed by atoms with Gasteiger partial charge in [0.05, 0.1) is 18.4 Å². The third kappa shape index (κ3) is 3.59. The molecule has 0 unspecified atom stereocenters. The molecule has 0 spiro atoms. The first kappa shape index (κ1) is 14.1. The lowest BCUT2D eigenvalue weighted by Crippen LogP contribution is -2.23. The number of carboxylic acid groups (broad SMARTS) is 1. The van der Waals surface area contributed by atoms with Gasteiger partial charge in [-0.2, -0.15) is 0 Å². The highest BCUT2D eigenvalue weighted by atomic mass is 32.2. The Morgan fingerprint density at radius 2 is 2.25 bits per heavy atom. The van der Waals surface area contributed by atoms with Crippen molar-refractivity contribution < 1.29 is 18.3 Å². The van der Waals surface area contributed by atoms with E-state index in [2.05, 4.69) is 20.0 Å². The number of nitrogens with one attached hydrogen (secondary N) is 1. The number of aliphatic carboxylic acids is 1. The molecule has 0 aliphatic carbocycles. The quantitative estimate of drug-likeness (QED) is 0.717. The second kappa shape index (κ2) is 5.75. The molecule has 0 atom stereocenters. The lowest BCUT2D eigenvalue weighted by molar-refractivity contribution is -0.137. The van der Waals surface area contributed by atoms with Crippen LogP contribution < -0.4 is 4.72 Å². The maximum atomic E-state index is 11.9. The van der Waals surface area contributed by atoms with Gasteiger partial charge in [0, 0.05) is 12.4 Å². The van der Waals surface area contributed by atoms with Gasteiger partial charge in [0.2, 0.25) is 10.0 Å². The van der Waals surface area contributed by atoms with Crippen molar-refractivity contribution in [3.05, 3.63) is 36.4 Å². The van der Waals surface area contributed by atoms with E-state index < -0.39 is 16.0 Å². The Morgan fingerprint density at radius 1 is 1.45 bits per heavy atom. The smallest absolute Gasteiger partial charge is 0.325 e. The van der Waals surface area contributed by atoms with Crippen LogP contribution in [0.25, 0.3) is 0 Å². The molecule has 0 amide bonds. The predicted octanol–water partition coefficient (Wildman–Crippen LogP) is -0.764. The summed E-state index contributed by atoms with van der Waals surface area (Å²) in [5.74, 6) is -1.06. The first-order chi connectivity index (χ1) is 9.47. The summed E-state index contributed by atoms with van der Waals surface area (Å²) in [5.41, 5.74) is 0.318. The molecule has 0 saturated carbocycles. The van der Waals surface area contributed by atoms with Gasteiger partial charge in [-0.15, -0.1) is 5.10 Å². The zero-order valence-electron chi connectivity index (χ0n) is 10.2. The third-order valence-corrected chi connectivity index (χ3v) is 3.66. The van der Waals surface area contributed by atoms with Crippen LogP contribution in [0.15, 0.2) is 35.6 Å². The molecule has 0 aliphatic heterocycles. The number of rotatable bonds is 6. The van der Waals surface area contributed by atoms with Crippen molar-refractivity contribution in [2.75, 3.05) is 0 Å². The van der Waals surface area contributed by atoms with E-state index in [0.29, 0.717) is 5.69 Å². The molecule has 2 aromatic heterocycles. The number of carbonyl (C=O) groups is 1. The summed E-state index contributed by atoms with van der Waals surface area (Å²) in [4.78, 5) is 14.2. The molecule has 2 rings (SSSR count). The number of hydrogen-bond acceptors (Lipinski definition) is 6. The minimum absolute atomic E-state index is 0.0397. The average Bonchev–Trinajstić information content (AvgIpc) is 2.84. The summed E-state index contributed by atoms with van der Waals surface area (Å²) >= 11 is 0. The fraction of sp³-hybridized carbons (Fsp3) is 0.200. The number of pyridine rings is 1. The highest BCUT2D eigenvalue weighted by Gasteiger charge is 2.14. The molecule has 2 aromatic rings. The van der Waals surface area contributed by atoms with Crippen molar-refractivity contribution in [1.82, 2.24) is 24.7 Å². The van der Waals surface area contributed by atoms with E-state index in [1.165, 1.54) is 30.7 Å². The Morgan fingerprint density at radius 3 is 2.90 bits per heavy atom. The highest BCUT2D eigenvalue weighted by molar-refractivity contribution is 7.89. The van der Waals surface area contributed by atoms with Crippen LogP contribution in [-0.4, -0.2) is 39.5 Å². The zero-order chi connectivity index (χ0) is 14.6. The van der Waals surface area contributed by atoms with Crippen LogP contribution in [0.4, 0.5) is 0 Å². The third-order valence-electron chi connectivity index (χ3n) is 2.27. The van der Waals surface area contributed by atoms with Crippen molar-refractivity contribution in [1.29, 1.82) is 0 Å². The van der Waals surface area contributed by atoms with E-state index in [1.54, 1.807) is 0 Å². The zero-order valence-corrected chi connectivity index (χ0v) is 11.0. The lowest BCUT2D eigenvalue weighted by Gasteiger charge is -2.03. The molecule has 20 heavy (non-hydrogen) atoms.